The van der Waals surface area contributed by atoms with Crippen LogP contribution in [-0.4, -0.2) is 31.1 Å². The zero-order valence-electron chi connectivity index (χ0n) is 15.8. The second kappa shape index (κ2) is 9.23. The van der Waals surface area contributed by atoms with E-state index in [1.54, 1.807) is 18.2 Å². The van der Waals surface area contributed by atoms with Crippen LogP contribution in [0.1, 0.15) is 30.1 Å². The molecule has 1 aromatic heterocycles. The first-order chi connectivity index (χ1) is 13.3. The van der Waals surface area contributed by atoms with Crippen molar-refractivity contribution in [1.29, 1.82) is 0 Å². The molecule has 0 unspecified atom stereocenters. The maximum atomic E-state index is 12.6. The van der Waals surface area contributed by atoms with E-state index in [4.69, 9.17) is 22.1 Å². The average molecular weight is 405 g/mol. The first kappa shape index (κ1) is 21.2. The van der Waals surface area contributed by atoms with Gasteiger partial charge in [-0.05, 0) is 30.7 Å². The molecule has 8 heteroatoms. The van der Waals surface area contributed by atoms with Crippen molar-refractivity contribution in [3.63, 3.8) is 0 Å². The van der Waals surface area contributed by atoms with Gasteiger partial charge in [0, 0.05) is 11.8 Å². The van der Waals surface area contributed by atoms with E-state index < -0.39 is 5.91 Å². The molecule has 0 fully saturated rings. The number of fused-ring (bicyclic) bond motifs is 2. The van der Waals surface area contributed by atoms with Crippen molar-refractivity contribution < 1.29 is 19.1 Å². The summed E-state index contributed by atoms with van der Waals surface area (Å²) in [5, 5.41) is 0.945. The van der Waals surface area contributed by atoms with Gasteiger partial charge in [-0.15, -0.1) is 0 Å². The van der Waals surface area contributed by atoms with Gasteiger partial charge < -0.3 is 20.2 Å². The van der Waals surface area contributed by atoms with Gasteiger partial charge in [-0.1, -0.05) is 24.6 Å². The topological polar surface area (TPSA) is 111 Å². The van der Waals surface area contributed by atoms with E-state index in [-0.39, 0.29) is 27.4 Å². The number of H-pyrrole nitrogens is 1. The number of benzene rings is 2. The van der Waals surface area contributed by atoms with Crippen molar-refractivity contribution in [2.45, 2.75) is 19.8 Å². The maximum Gasteiger partial charge on any atom is 0.305 e. The van der Waals surface area contributed by atoms with Crippen LogP contribution in [0.25, 0.3) is 21.8 Å². The summed E-state index contributed by atoms with van der Waals surface area (Å²) in [6, 6.07) is 8.09. The molecule has 0 saturated heterocycles. The van der Waals surface area contributed by atoms with Gasteiger partial charge in [0.1, 0.15) is 5.75 Å². The van der Waals surface area contributed by atoms with Crippen LogP contribution in [0.4, 0.5) is 0 Å². The van der Waals surface area contributed by atoms with Gasteiger partial charge >= 0.3 is 5.97 Å². The SMILES string of the molecule is CCCC(=O)OC.COc1cccc2c(=O)c3c(Cl)ccc(C(N)=O)c3[nH]c12. The number of aromatic amines is 1. The predicted molar refractivity (Wildman–Crippen MR) is 109 cm³/mol. The fourth-order valence-electron chi connectivity index (χ4n) is 2.72. The number of esters is 1. The molecular formula is C20H21ClN2O5. The van der Waals surface area contributed by atoms with Gasteiger partial charge in [-0.2, -0.15) is 0 Å². The number of primary amides is 1. The lowest BCUT2D eigenvalue weighted by Gasteiger charge is -2.10. The van der Waals surface area contributed by atoms with Crippen LogP contribution in [0.2, 0.25) is 5.02 Å². The monoisotopic (exact) mass is 404 g/mol. The van der Waals surface area contributed by atoms with E-state index in [2.05, 4.69) is 9.72 Å². The van der Waals surface area contributed by atoms with E-state index in [1.807, 2.05) is 6.92 Å². The highest BCUT2D eigenvalue weighted by Gasteiger charge is 2.16. The molecule has 3 N–H and O–H groups in total. The summed E-state index contributed by atoms with van der Waals surface area (Å²) in [6.45, 7) is 1.94. The largest absolute Gasteiger partial charge is 0.495 e. The van der Waals surface area contributed by atoms with Crippen LogP contribution in [0, 0.1) is 0 Å². The quantitative estimate of drug-likeness (QED) is 0.511. The van der Waals surface area contributed by atoms with Crippen LogP contribution in [0.15, 0.2) is 35.1 Å². The molecule has 3 aromatic rings. The van der Waals surface area contributed by atoms with Crippen molar-refractivity contribution in [3.8, 4) is 5.75 Å². The van der Waals surface area contributed by atoms with Crippen LogP contribution in [-0.2, 0) is 9.53 Å². The highest BCUT2D eigenvalue weighted by molar-refractivity contribution is 6.36. The molecule has 3 rings (SSSR count). The smallest absolute Gasteiger partial charge is 0.305 e. The first-order valence-electron chi connectivity index (χ1n) is 8.53. The molecule has 0 radical (unpaired) electrons. The third-order valence-corrected chi connectivity index (χ3v) is 4.38. The fraction of sp³-hybridized carbons (Fsp3) is 0.250. The highest BCUT2D eigenvalue weighted by atomic mass is 35.5. The molecule has 0 atom stereocenters. The Balaban J connectivity index is 0.000000345. The molecule has 0 aliphatic heterocycles. The van der Waals surface area contributed by atoms with Gasteiger partial charge in [0.05, 0.1) is 41.2 Å². The summed E-state index contributed by atoms with van der Waals surface area (Å²) in [5.41, 5.74) is 6.11. The molecule has 0 spiro atoms. The third-order valence-electron chi connectivity index (χ3n) is 4.07. The summed E-state index contributed by atoms with van der Waals surface area (Å²) in [4.78, 5) is 37.4. The Hall–Kier alpha value is -3.06. The van der Waals surface area contributed by atoms with E-state index in [9.17, 15) is 14.4 Å². The highest BCUT2D eigenvalue weighted by Crippen LogP contribution is 2.28. The lowest BCUT2D eigenvalue weighted by Crippen LogP contribution is -2.14. The number of carbonyl (C=O) groups excluding carboxylic acids is 2. The molecule has 0 bridgehead atoms. The molecule has 2 aromatic carbocycles. The van der Waals surface area contributed by atoms with Gasteiger partial charge in [-0.25, -0.2) is 0 Å². The number of para-hydroxylation sites is 1. The number of carbonyl (C=O) groups is 2. The average Bonchev–Trinajstić information content (AvgIpc) is 2.68. The van der Waals surface area contributed by atoms with Gasteiger partial charge in [0.15, 0.2) is 5.43 Å². The van der Waals surface area contributed by atoms with Crippen molar-refractivity contribution in [1.82, 2.24) is 4.98 Å². The van der Waals surface area contributed by atoms with E-state index in [1.165, 1.54) is 26.4 Å². The summed E-state index contributed by atoms with van der Waals surface area (Å²) in [7, 11) is 2.91. The number of halogens is 1. The van der Waals surface area contributed by atoms with Gasteiger partial charge in [-0.3, -0.25) is 14.4 Å². The third kappa shape index (κ3) is 4.26. The number of aromatic nitrogens is 1. The first-order valence-corrected chi connectivity index (χ1v) is 8.91. The molecular weight excluding hydrogens is 384 g/mol. The normalized spacial score (nSPS) is 10.3. The maximum absolute atomic E-state index is 12.6. The number of nitrogens with one attached hydrogen (secondary N) is 1. The Morgan fingerprint density at radius 3 is 2.39 bits per heavy atom. The molecule has 1 heterocycles. The summed E-state index contributed by atoms with van der Waals surface area (Å²) in [6.07, 6.45) is 1.41. The standard InChI is InChI=1S/C15H11ClN2O3.C5H10O2/c1-21-10-4-2-3-7-12(10)18-13-8(15(17)20)5-6-9(16)11(13)14(7)19;1-3-4-5(6)7-2/h2-6H,1H3,(H2,17,20)(H,18,19);3-4H2,1-2H3. The Morgan fingerprint density at radius 2 is 1.86 bits per heavy atom. The second-order valence-corrected chi connectivity index (χ2v) is 6.28. The number of ether oxygens (including phenoxy) is 2. The second-order valence-electron chi connectivity index (χ2n) is 5.87. The fourth-order valence-corrected chi connectivity index (χ4v) is 2.96. The Labute approximate surface area is 166 Å². The lowest BCUT2D eigenvalue weighted by molar-refractivity contribution is -0.140. The number of pyridine rings is 1. The molecule has 0 aliphatic carbocycles. The lowest BCUT2D eigenvalue weighted by atomic mass is 10.1. The molecule has 7 nitrogen and oxygen atoms in total. The zero-order chi connectivity index (χ0) is 20.8. The minimum absolute atomic E-state index is 0.123. The summed E-state index contributed by atoms with van der Waals surface area (Å²) in [5.74, 6) is -0.258. The van der Waals surface area contributed by atoms with Crippen molar-refractivity contribution in [2.24, 2.45) is 5.73 Å². The van der Waals surface area contributed by atoms with Crippen molar-refractivity contribution in [2.75, 3.05) is 14.2 Å². The number of hydrogen-bond acceptors (Lipinski definition) is 5. The number of rotatable bonds is 4. The van der Waals surface area contributed by atoms with Crippen molar-refractivity contribution in [3.05, 3.63) is 51.1 Å². The van der Waals surface area contributed by atoms with Gasteiger partial charge in [0.2, 0.25) is 0 Å². The van der Waals surface area contributed by atoms with Crippen LogP contribution < -0.4 is 15.9 Å². The number of nitrogens with two attached hydrogens (primary N) is 1. The number of hydrogen-bond donors (Lipinski definition) is 2. The zero-order valence-corrected chi connectivity index (χ0v) is 16.6. The molecule has 0 saturated carbocycles. The summed E-state index contributed by atoms with van der Waals surface area (Å²) >= 11 is 6.11. The molecule has 148 valence electrons. The number of methoxy groups -OCH3 is 2. The van der Waals surface area contributed by atoms with E-state index >= 15 is 0 Å². The number of amides is 1. The molecule has 1 amide bonds. The van der Waals surface area contributed by atoms with Crippen LogP contribution >= 0.6 is 11.6 Å². The van der Waals surface area contributed by atoms with E-state index in [0.717, 1.165) is 6.42 Å². The van der Waals surface area contributed by atoms with E-state index in [0.29, 0.717) is 28.6 Å². The Bertz CT molecular complexity index is 1090. The van der Waals surface area contributed by atoms with Gasteiger partial charge in [0.25, 0.3) is 5.91 Å². The van der Waals surface area contributed by atoms with Crippen LogP contribution in [0.5, 0.6) is 5.75 Å². The Kier molecular flexibility index (Phi) is 7.00. The van der Waals surface area contributed by atoms with Crippen molar-refractivity contribution >= 4 is 45.3 Å². The molecule has 0 aliphatic rings. The minimum Gasteiger partial charge on any atom is -0.495 e. The summed E-state index contributed by atoms with van der Waals surface area (Å²) < 4.78 is 9.59. The minimum atomic E-state index is -0.637. The molecule has 28 heavy (non-hydrogen) atoms. The predicted octanol–water partition coefficient (Wildman–Crippen LogP) is 3.40. The van der Waals surface area contributed by atoms with Crippen LogP contribution in [0.3, 0.4) is 0 Å². The Morgan fingerprint density at radius 1 is 1.14 bits per heavy atom.